The van der Waals surface area contributed by atoms with Crippen LogP contribution in [0.25, 0.3) is 0 Å². The second-order valence-corrected chi connectivity index (χ2v) is 4.52. The number of nitrogens with one attached hydrogen (secondary N) is 1. The third-order valence-electron chi connectivity index (χ3n) is 2.98. The number of nitro benzene ring substituents is 2. The van der Waals surface area contributed by atoms with Gasteiger partial charge in [0.25, 0.3) is 17.3 Å². The molecule has 0 saturated carbocycles. The molecule has 0 radical (unpaired) electrons. The van der Waals surface area contributed by atoms with Crippen molar-refractivity contribution in [1.82, 2.24) is 0 Å². The lowest BCUT2D eigenvalue weighted by atomic mass is 10.1. The molecular weight excluding hydrogens is 290 g/mol. The highest BCUT2D eigenvalue weighted by Crippen LogP contribution is 2.23. The van der Waals surface area contributed by atoms with Gasteiger partial charge in [-0.15, -0.1) is 0 Å². The Hall–Kier alpha value is -3.29. The monoisotopic (exact) mass is 301 g/mol. The number of non-ortho nitro benzene ring substituents is 1. The number of benzene rings is 2. The van der Waals surface area contributed by atoms with Crippen LogP contribution in [0, 0.1) is 27.2 Å². The molecule has 0 unspecified atom stereocenters. The molecule has 0 aliphatic rings. The van der Waals surface area contributed by atoms with Crippen LogP contribution in [0.3, 0.4) is 0 Å². The van der Waals surface area contributed by atoms with Crippen LogP contribution in [0.2, 0.25) is 0 Å². The number of hydrogen-bond acceptors (Lipinski definition) is 5. The predicted octanol–water partition coefficient (Wildman–Crippen LogP) is 3.06. The highest BCUT2D eigenvalue weighted by Gasteiger charge is 2.15. The summed E-state index contributed by atoms with van der Waals surface area (Å²) in [6, 6.07) is 9.50. The zero-order chi connectivity index (χ0) is 16.3. The third kappa shape index (κ3) is 3.23. The molecule has 2 aromatic carbocycles. The summed E-state index contributed by atoms with van der Waals surface area (Å²) >= 11 is 0. The molecule has 2 aromatic rings. The predicted molar refractivity (Wildman–Crippen MR) is 78.9 cm³/mol. The van der Waals surface area contributed by atoms with Crippen LogP contribution < -0.4 is 5.32 Å². The van der Waals surface area contributed by atoms with Crippen LogP contribution in [-0.4, -0.2) is 15.8 Å². The van der Waals surface area contributed by atoms with Gasteiger partial charge in [-0.1, -0.05) is 12.1 Å². The summed E-state index contributed by atoms with van der Waals surface area (Å²) < 4.78 is 0. The summed E-state index contributed by atoms with van der Waals surface area (Å²) in [6.07, 6.45) is 0. The maximum absolute atomic E-state index is 12.1. The van der Waals surface area contributed by atoms with Gasteiger partial charge in [0.15, 0.2) is 0 Å². The summed E-state index contributed by atoms with van der Waals surface area (Å²) in [6.45, 7) is 1.59. The van der Waals surface area contributed by atoms with E-state index in [4.69, 9.17) is 0 Å². The van der Waals surface area contributed by atoms with Crippen LogP contribution in [0.4, 0.5) is 17.1 Å². The fourth-order valence-electron chi connectivity index (χ4n) is 1.85. The van der Waals surface area contributed by atoms with Crippen molar-refractivity contribution in [2.24, 2.45) is 0 Å². The number of hydrogen-bond donors (Lipinski definition) is 1. The summed E-state index contributed by atoms with van der Waals surface area (Å²) in [5.74, 6) is -0.582. The van der Waals surface area contributed by atoms with Crippen LogP contribution in [0.5, 0.6) is 0 Å². The highest BCUT2D eigenvalue weighted by molar-refractivity contribution is 6.04. The first-order valence-electron chi connectivity index (χ1n) is 6.19. The Balaban J connectivity index is 2.26. The minimum atomic E-state index is -0.604. The first-order valence-corrected chi connectivity index (χ1v) is 6.19. The largest absolute Gasteiger partial charge is 0.322 e. The molecule has 8 heteroatoms. The Kier molecular flexibility index (Phi) is 4.12. The normalized spacial score (nSPS) is 10.0. The molecule has 0 aliphatic carbocycles. The van der Waals surface area contributed by atoms with Gasteiger partial charge in [-0.05, 0) is 19.1 Å². The van der Waals surface area contributed by atoms with E-state index in [1.165, 1.54) is 36.4 Å². The number of carbonyl (C=O) groups excluding carboxylic acids is 1. The van der Waals surface area contributed by atoms with Gasteiger partial charge in [-0.3, -0.25) is 25.0 Å². The van der Waals surface area contributed by atoms with E-state index in [1.54, 1.807) is 6.92 Å². The summed E-state index contributed by atoms with van der Waals surface area (Å²) in [4.78, 5) is 32.5. The Labute approximate surface area is 124 Å². The molecule has 0 bridgehead atoms. The summed E-state index contributed by atoms with van der Waals surface area (Å²) in [7, 11) is 0. The Morgan fingerprint density at radius 3 is 2.41 bits per heavy atom. The van der Waals surface area contributed by atoms with E-state index in [9.17, 15) is 25.0 Å². The lowest BCUT2D eigenvalue weighted by Gasteiger charge is -2.06. The fourth-order valence-corrected chi connectivity index (χ4v) is 1.85. The molecular formula is C14H11N3O5. The van der Waals surface area contributed by atoms with Crippen LogP contribution in [0.15, 0.2) is 42.5 Å². The molecule has 0 atom stereocenters. The Bertz CT molecular complexity index is 773. The zero-order valence-electron chi connectivity index (χ0n) is 11.5. The average molecular weight is 301 g/mol. The maximum atomic E-state index is 12.1. The number of rotatable bonds is 4. The Morgan fingerprint density at radius 2 is 1.77 bits per heavy atom. The van der Waals surface area contributed by atoms with Crippen molar-refractivity contribution in [3.63, 3.8) is 0 Å². The van der Waals surface area contributed by atoms with E-state index < -0.39 is 15.8 Å². The van der Waals surface area contributed by atoms with E-state index in [0.717, 1.165) is 6.07 Å². The highest BCUT2D eigenvalue weighted by atomic mass is 16.6. The van der Waals surface area contributed by atoms with Gasteiger partial charge in [0.1, 0.15) is 0 Å². The Morgan fingerprint density at radius 1 is 1.05 bits per heavy atom. The van der Waals surface area contributed by atoms with Gasteiger partial charge in [-0.25, -0.2) is 0 Å². The van der Waals surface area contributed by atoms with Crippen LogP contribution >= 0.6 is 0 Å². The second-order valence-electron chi connectivity index (χ2n) is 4.52. The van der Waals surface area contributed by atoms with Gasteiger partial charge in [0, 0.05) is 35.0 Å². The van der Waals surface area contributed by atoms with Gasteiger partial charge >= 0.3 is 0 Å². The molecule has 0 spiro atoms. The van der Waals surface area contributed by atoms with Crippen molar-refractivity contribution in [2.45, 2.75) is 6.92 Å². The average Bonchev–Trinajstić information content (AvgIpc) is 2.49. The van der Waals surface area contributed by atoms with Gasteiger partial charge in [-0.2, -0.15) is 0 Å². The first-order chi connectivity index (χ1) is 10.4. The number of nitrogens with zero attached hydrogens (tertiary/aromatic N) is 2. The molecule has 8 nitrogen and oxygen atoms in total. The van der Waals surface area contributed by atoms with E-state index in [2.05, 4.69) is 5.32 Å². The smallest absolute Gasteiger partial charge is 0.274 e. The molecule has 1 N–H and O–H groups in total. The quantitative estimate of drug-likeness (QED) is 0.688. The molecule has 0 aromatic heterocycles. The van der Waals surface area contributed by atoms with Crippen molar-refractivity contribution in [2.75, 3.05) is 5.32 Å². The van der Waals surface area contributed by atoms with Gasteiger partial charge in [0.2, 0.25) is 0 Å². The van der Waals surface area contributed by atoms with Crippen LogP contribution in [0.1, 0.15) is 15.9 Å². The van der Waals surface area contributed by atoms with E-state index in [-0.39, 0.29) is 22.6 Å². The van der Waals surface area contributed by atoms with E-state index in [0.29, 0.717) is 5.56 Å². The summed E-state index contributed by atoms with van der Waals surface area (Å²) in [5, 5.41) is 24.0. The fraction of sp³-hybridized carbons (Fsp3) is 0.0714. The van der Waals surface area contributed by atoms with Gasteiger partial charge in [0.05, 0.1) is 9.85 Å². The van der Waals surface area contributed by atoms with Crippen molar-refractivity contribution < 1.29 is 14.6 Å². The van der Waals surface area contributed by atoms with Gasteiger partial charge < -0.3 is 5.32 Å². The molecule has 0 saturated heterocycles. The lowest BCUT2D eigenvalue weighted by Crippen LogP contribution is -2.12. The van der Waals surface area contributed by atoms with E-state index >= 15 is 0 Å². The topological polar surface area (TPSA) is 115 Å². The number of anilines is 1. The molecule has 112 valence electrons. The van der Waals surface area contributed by atoms with Crippen molar-refractivity contribution in [3.8, 4) is 0 Å². The third-order valence-corrected chi connectivity index (χ3v) is 2.98. The second kappa shape index (κ2) is 6.00. The van der Waals surface area contributed by atoms with Crippen molar-refractivity contribution in [1.29, 1.82) is 0 Å². The molecule has 0 aliphatic heterocycles. The van der Waals surface area contributed by atoms with Crippen LogP contribution in [-0.2, 0) is 0 Å². The number of amides is 1. The number of carbonyl (C=O) groups is 1. The molecule has 22 heavy (non-hydrogen) atoms. The standard InChI is InChI=1S/C14H11N3O5/c1-9-5-6-11(8-13(9)17(21)22)15-14(18)10-3-2-4-12(7-10)16(19)20/h2-8H,1H3,(H,15,18). The SMILES string of the molecule is Cc1ccc(NC(=O)c2cccc([N+](=O)[O-])c2)cc1[N+](=O)[O-]. The minimum Gasteiger partial charge on any atom is -0.322 e. The lowest BCUT2D eigenvalue weighted by molar-refractivity contribution is -0.385. The number of nitro groups is 2. The summed E-state index contributed by atoms with van der Waals surface area (Å²) in [5.41, 5.74) is 0.490. The number of aryl methyl sites for hydroxylation is 1. The van der Waals surface area contributed by atoms with Crippen molar-refractivity contribution in [3.05, 3.63) is 73.8 Å². The minimum absolute atomic E-state index is 0.0948. The van der Waals surface area contributed by atoms with Crippen molar-refractivity contribution >= 4 is 23.0 Å². The molecule has 1 amide bonds. The molecule has 0 fully saturated rings. The maximum Gasteiger partial charge on any atom is 0.274 e. The zero-order valence-corrected chi connectivity index (χ0v) is 11.5. The molecule has 0 heterocycles. The van der Waals surface area contributed by atoms with E-state index in [1.807, 2.05) is 0 Å². The first kappa shape index (κ1) is 15.1. The molecule has 2 rings (SSSR count).